The molecule has 0 radical (unpaired) electrons. The van der Waals surface area contributed by atoms with Gasteiger partial charge in [-0.3, -0.25) is 0 Å². The molecule has 1 N–H and O–H groups in total. The third kappa shape index (κ3) is 11.5. The second-order valence-electron chi connectivity index (χ2n) is 0.991. The van der Waals surface area contributed by atoms with Gasteiger partial charge in [0.15, 0.2) is 0 Å². The van der Waals surface area contributed by atoms with Gasteiger partial charge in [0.2, 0.25) is 0 Å². The zero-order valence-corrected chi connectivity index (χ0v) is 8.11. The molecule has 9 heavy (non-hydrogen) atoms. The van der Waals surface area contributed by atoms with Gasteiger partial charge in [0, 0.05) is 6.08 Å². The van der Waals surface area contributed by atoms with Crippen molar-refractivity contribution in [2.24, 2.45) is 0 Å². The predicted molar refractivity (Wildman–Crippen MR) is 21.8 cm³/mol. The topological polar surface area (TPSA) is 77.4 Å². The fraction of sp³-hybridized carbons (Fsp3) is 0. The second kappa shape index (κ2) is 6.17. The van der Waals surface area contributed by atoms with Crippen molar-refractivity contribution in [3.63, 3.8) is 0 Å². The molecule has 0 saturated heterocycles. The quantitative estimate of drug-likeness (QED) is 0.602. The summed E-state index contributed by atoms with van der Waals surface area (Å²) in [5.41, 5.74) is 0. The molecular weight excluding hydrogens is 253 g/mol. The molecule has 0 bridgehead atoms. The van der Waals surface area contributed by atoms with Gasteiger partial charge in [-0.25, -0.2) is 4.79 Å². The molecule has 0 atom stereocenters. The van der Waals surface area contributed by atoms with Gasteiger partial charge in [-0.2, -0.15) is 0 Å². The predicted octanol–water partition coefficient (Wildman–Crippen LogP) is -1.62. The van der Waals surface area contributed by atoms with Crippen molar-refractivity contribution in [2.45, 2.75) is 0 Å². The number of hydrogen-bond acceptors (Lipinski definition) is 3. The molecule has 0 aliphatic carbocycles. The van der Waals surface area contributed by atoms with Crippen LogP contribution >= 0.6 is 0 Å². The van der Waals surface area contributed by atoms with Gasteiger partial charge in [0.1, 0.15) is 0 Å². The maximum absolute atomic E-state index is 9.53. The summed E-state index contributed by atoms with van der Waals surface area (Å²) in [6, 6.07) is 0. The molecule has 44 valence electrons. The van der Waals surface area contributed by atoms with Crippen LogP contribution in [0.4, 0.5) is 0 Å². The molecule has 0 aliphatic heterocycles. The van der Waals surface area contributed by atoms with Crippen molar-refractivity contribution < 1.29 is 61.1 Å². The Morgan fingerprint density at radius 3 is 1.89 bits per heavy atom. The van der Waals surface area contributed by atoms with Crippen LogP contribution in [-0.2, 0) is 9.59 Å². The van der Waals surface area contributed by atoms with Crippen LogP contribution in [-0.4, -0.2) is 17.0 Å². The van der Waals surface area contributed by atoms with Gasteiger partial charge < -0.3 is 15.0 Å². The van der Waals surface area contributed by atoms with Crippen LogP contribution in [0.5, 0.6) is 0 Å². The summed E-state index contributed by atoms with van der Waals surface area (Å²) >= 11 is 0. The van der Waals surface area contributed by atoms with Crippen LogP contribution in [0.25, 0.3) is 0 Å². The van der Waals surface area contributed by atoms with E-state index in [0.717, 1.165) is 0 Å². The first-order valence-electron chi connectivity index (χ1n) is 1.75. The summed E-state index contributed by atoms with van der Waals surface area (Å²) < 4.78 is 0. The molecule has 5 heteroatoms. The Balaban J connectivity index is 0. The third-order valence-corrected chi connectivity index (χ3v) is 0.362. The van der Waals surface area contributed by atoms with Crippen LogP contribution in [0.1, 0.15) is 0 Å². The Bertz CT molecular complexity index is 124. The van der Waals surface area contributed by atoms with Crippen LogP contribution < -0.4 is 5.11 Å². The average molecular weight is 256 g/mol. The Labute approximate surface area is 84.5 Å². The maximum Gasteiger partial charge on any atom is 3.00 e. The second-order valence-corrected chi connectivity index (χ2v) is 0.991. The molecule has 0 heterocycles. The summed E-state index contributed by atoms with van der Waals surface area (Å²) in [6.07, 6.45) is 0.942. The fourth-order valence-electron chi connectivity index (χ4n) is 0.139. The summed E-state index contributed by atoms with van der Waals surface area (Å²) in [5, 5.41) is 17.2. The molecule has 0 spiro atoms. The zero-order valence-electron chi connectivity index (χ0n) is 4.40. The van der Waals surface area contributed by atoms with E-state index < -0.39 is 11.9 Å². The third-order valence-electron chi connectivity index (χ3n) is 0.362. The molecule has 0 aliphatic rings. The summed E-state index contributed by atoms with van der Waals surface area (Å²) in [7, 11) is 0. The molecule has 0 amide bonds. The number of carbonyl (C=O) groups is 2. The van der Waals surface area contributed by atoms with Crippen molar-refractivity contribution >= 4 is 11.9 Å². The van der Waals surface area contributed by atoms with E-state index in [-0.39, 0.29) is 41.3 Å². The van der Waals surface area contributed by atoms with E-state index in [1.807, 2.05) is 0 Å². The number of carboxylic acids is 2. The summed E-state index contributed by atoms with van der Waals surface area (Å²) in [5.74, 6) is -2.80. The molecule has 0 aromatic carbocycles. The van der Waals surface area contributed by atoms with Crippen molar-refractivity contribution in [1.82, 2.24) is 0 Å². The van der Waals surface area contributed by atoms with Gasteiger partial charge in [-0.05, 0) is 6.08 Å². The Kier molecular flexibility index (Phi) is 8.08. The van der Waals surface area contributed by atoms with Gasteiger partial charge in [0.25, 0.3) is 0 Å². The molecule has 0 rings (SSSR count). The van der Waals surface area contributed by atoms with E-state index in [4.69, 9.17) is 5.11 Å². The minimum atomic E-state index is -1.51. The van der Waals surface area contributed by atoms with E-state index in [1.165, 1.54) is 0 Å². The number of aliphatic carboxylic acids is 2. The van der Waals surface area contributed by atoms with Crippen molar-refractivity contribution in [1.29, 1.82) is 0 Å². The van der Waals surface area contributed by atoms with Crippen LogP contribution in [0.2, 0.25) is 0 Å². The van der Waals surface area contributed by atoms with Crippen molar-refractivity contribution in [3.8, 4) is 0 Å². The van der Waals surface area contributed by atoms with E-state index in [1.54, 1.807) is 0 Å². The monoisotopic (exact) mass is 256 g/mol. The summed E-state index contributed by atoms with van der Waals surface area (Å²) in [4.78, 5) is 19.0. The number of carboxylic acid groups (broad SMARTS) is 2. The average Bonchev–Trinajstić information content (AvgIpc) is 1.61. The SMILES string of the molecule is O=C([O-])/C=C\C(=O)O.[Pr+3]. The van der Waals surface area contributed by atoms with Crippen LogP contribution in [0, 0.1) is 41.3 Å². The van der Waals surface area contributed by atoms with Crippen molar-refractivity contribution in [2.75, 3.05) is 0 Å². The first-order valence-corrected chi connectivity index (χ1v) is 1.75. The first-order chi connectivity index (χ1) is 3.63. The minimum Gasteiger partial charge on any atom is -0.545 e. The van der Waals surface area contributed by atoms with Gasteiger partial charge >= 0.3 is 47.3 Å². The van der Waals surface area contributed by atoms with Gasteiger partial charge in [-0.15, -0.1) is 0 Å². The molecule has 4 nitrogen and oxygen atoms in total. The van der Waals surface area contributed by atoms with E-state index in [9.17, 15) is 14.7 Å². The van der Waals surface area contributed by atoms with Gasteiger partial charge in [0.05, 0.1) is 5.97 Å². The van der Waals surface area contributed by atoms with Gasteiger partial charge in [-0.1, -0.05) is 0 Å². The number of rotatable bonds is 2. The number of hydrogen-bond donors (Lipinski definition) is 1. The van der Waals surface area contributed by atoms with E-state index >= 15 is 0 Å². The normalized spacial score (nSPS) is 8.44. The van der Waals surface area contributed by atoms with Crippen LogP contribution in [0.15, 0.2) is 12.2 Å². The van der Waals surface area contributed by atoms with Crippen molar-refractivity contribution in [3.05, 3.63) is 12.2 Å². The Morgan fingerprint density at radius 2 is 1.78 bits per heavy atom. The minimum absolute atomic E-state index is 0. The maximum atomic E-state index is 9.53. The summed E-state index contributed by atoms with van der Waals surface area (Å²) in [6.45, 7) is 0. The molecule has 0 fully saturated rings. The zero-order chi connectivity index (χ0) is 6.57. The molecule has 0 aromatic heterocycles. The molecule has 0 saturated carbocycles. The van der Waals surface area contributed by atoms with Crippen LogP contribution in [0.3, 0.4) is 0 Å². The Hall–Kier alpha value is 0.0436. The smallest absolute Gasteiger partial charge is 0.545 e. The molecule has 0 unspecified atom stereocenters. The first kappa shape index (κ1) is 11.8. The fourth-order valence-corrected chi connectivity index (χ4v) is 0.139. The molecule has 0 aromatic rings. The largest absolute Gasteiger partial charge is 3.00 e. The standard InChI is InChI=1S/C4H4O4.Pr/c5-3(6)1-2-4(7)8;/h1-2H,(H,5,6)(H,7,8);/q;+3/p-1/b2-1-;. The molecular formula is C4H3O4Pr+2. The number of carbonyl (C=O) groups excluding carboxylic acids is 1. The van der Waals surface area contributed by atoms with E-state index in [2.05, 4.69) is 0 Å². The Morgan fingerprint density at radius 1 is 1.33 bits per heavy atom. The van der Waals surface area contributed by atoms with E-state index in [0.29, 0.717) is 12.2 Å².